The van der Waals surface area contributed by atoms with Crippen molar-refractivity contribution in [1.29, 1.82) is 0 Å². The second-order valence-electron chi connectivity index (χ2n) is 4.68. The molecule has 1 saturated heterocycles. The van der Waals surface area contributed by atoms with Crippen LogP contribution < -0.4 is 5.32 Å². The van der Waals surface area contributed by atoms with Gasteiger partial charge in [-0.05, 0) is 18.6 Å². The van der Waals surface area contributed by atoms with Crippen LogP contribution in [-0.4, -0.2) is 50.1 Å². The fraction of sp³-hybridized carbons (Fsp3) is 0.533. The lowest BCUT2D eigenvalue weighted by molar-refractivity contribution is -0.0855. The van der Waals surface area contributed by atoms with Gasteiger partial charge < -0.3 is 19.9 Å². The molecule has 21 heavy (non-hydrogen) atoms. The predicted octanol–water partition coefficient (Wildman–Crippen LogP) is 0.936. The quantitative estimate of drug-likeness (QED) is 0.812. The second-order valence-corrected chi connectivity index (χ2v) is 5.73. The van der Waals surface area contributed by atoms with Gasteiger partial charge in [0.15, 0.2) is 0 Å². The summed E-state index contributed by atoms with van der Waals surface area (Å²) in [7, 11) is 0. The SMILES string of the molecule is Cc1cc(C(=O)NCC2COCCO2)sc1C#CCCO. The smallest absolute Gasteiger partial charge is 0.261 e. The fourth-order valence-electron chi connectivity index (χ4n) is 1.86. The minimum Gasteiger partial charge on any atom is -0.395 e. The normalized spacial score (nSPS) is 17.9. The van der Waals surface area contributed by atoms with E-state index in [-0.39, 0.29) is 18.6 Å². The molecular formula is C15H19NO4S. The highest BCUT2D eigenvalue weighted by atomic mass is 32.1. The number of thiophene rings is 1. The van der Waals surface area contributed by atoms with Crippen molar-refractivity contribution in [3.63, 3.8) is 0 Å². The molecule has 2 N–H and O–H groups in total. The molecule has 1 fully saturated rings. The van der Waals surface area contributed by atoms with Crippen LogP contribution in [0.5, 0.6) is 0 Å². The number of hydrogen-bond donors (Lipinski definition) is 2. The first-order valence-electron chi connectivity index (χ1n) is 6.88. The van der Waals surface area contributed by atoms with Crippen molar-refractivity contribution in [2.45, 2.75) is 19.4 Å². The molecule has 1 aliphatic heterocycles. The Morgan fingerprint density at radius 1 is 1.57 bits per heavy atom. The van der Waals surface area contributed by atoms with Crippen LogP contribution in [0.15, 0.2) is 6.07 Å². The number of hydrogen-bond acceptors (Lipinski definition) is 5. The Morgan fingerprint density at radius 2 is 2.43 bits per heavy atom. The van der Waals surface area contributed by atoms with E-state index in [4.69, 9.17) is 14.6 Å². The molecule has 0 aromatic carbocycles. The maximum absolute atomic E-state index is 12.1. The second kappa shape index (κ2) is 8.15. The van der Waals surface area contributed by atoms with E-state index in [1.54, 1.807) is 0 Å². The zero-order chi connectivity index (χ0) is 15.1. The Kier molecular flexibility index (Phi) is 6.21. The summed E-state index contributed by atoms with van der Waals surface area (Å²) < 4.78 is 10.8. The molecule has 0 bridgehead atoms. The van der Waals surface area contributed by atoms with Crippen LogP contribution in [-0.2, 0) is 9.47 Å². The van der Waals surface area contributed by atoms with E-state index in [2.05, 4.69) is 17.2 Å². The van der Waals surface area contributed by atoms with Gasteiger partial charge in [0.05, 0.1) is 42.3 Å². The third-order valence-electron chi connectivity index (χ3n) is 2.96. The Morgan fingerprint density at radius 3 is 3.14 bits per heavy atom. The minimum absolute atomic E-state index is 0.0498. The number of aliphatic hydroxyl groups is 1. The van der Waals surface area contributed by atoms with Crippen LogP contribution in [0.25, 0.3) is 0 Å². The zero-order valence-corrected chi connectivity index (χ0v) is 12.8. The lowest BCUT2D eigenvalue weighted by atomic mass is 10.2. The van der Waals surface area contributed by atoms with Gasteiger partial charge in [-0.15, -0.1) is 11.3 Å². The van der Waals surface area contributed by atoms with Crippen molar-refractivity contribution >= 4 is 17.2 Å². The van der Waals surface area contributed by atoms with E-state index in [1.165, 1.54) is 11.3 Å². The average molecular weight is 309 g/mol. The van der Waals surface area contributed by atoms with Crippen molar-refractivity contribution in [2.75, 3.05) is 33.0 Å². The highest BCUT2D eigenvalue weighted by Crippen LogP contribution is 2.20. The molecule has 1 aromatic heterocycles. The van der Waals surface area contributed by atoms with Crippen molar-refractivity contribution in [3.8, 4) is 11.8 Å². The summed E-state index contributed by atoms with van der Waals surface area (Å²) in [6, 6.07) is 1.83. The number of aryl methyl sites for hydroxylation is 1. The number of carbonyl (C=O) groups excluding carboxylic acids is 1. The maximum Gasteiger partial charge on any atom is 0.261 e. The maximum atomic E-state index is 12.1. The summed E-state index contributed by atoms with van der Waals surface area (Å²) in [5.41, 5.74) is 0.979. The lowest BCUT2D eigenvalue weighted by Gasteiger charge is -2.22. The number of ether oxygens (including phenoxy) is 2. The monoisotopic (exact) mass is 309 g/mol. The van der Waals surface area contributed by atoms with Crippen molar-refractivity contribution in [2.24, 2.45) is 0 Å². The third-order valence-corrected chi connectivity index (χ3v) is 4.11. The number of rotatable bonds is 4. The molecule has 1 amide bonds. The van der Waals surface area contributed by atoms with Gasteiger partial charge >= 0.3 is 0 Å². The van der Waals surface area contributed by atoms with Crippen LogP contribution >= 0.6 is 11.3 Å². The average Bonchev–Trinajstić information content (AvgIpc) is 2.87. The molecule has 0 spiro atoms. The van der Waals surface area contributed by atoms with Gasteiger partial charge in [0.25, 0.3) is 5.91 Å². The van der Waals surface area contributed by atoms with Crippen LogP contribution in [0, 0.1) is 18.8 Å². The molecule has 5 nitrogen and oxygen atoms in total. The summed E-state index contributed by atoms with van der Waals surface area (Å²) in [6.45, 7) is 4.12. The molecule has 1 unspecified atom stereocenters. The molecule has 0 saturated carbocycles. The van der Waals surface area contributed by atoms with E-state index < -0.39 is 0 Å². The molecule has 0 radical (unpaired) electrons. The molecule has 114 valence electrons. The van der Waals surface area contributed by atoms with Gasteiger partial charge in [-0.25, -0.2) is 0 Å². The number of nitrogens with one attached hydrogen (secondary N) is 1. The predicted molar refractivity (Wildman–Crippen MR) is 80.5 cm³/mol. The number of aliphatic hydroxyl groups excluding tert-OH is 1. The van der Waals surface area contributed by atoms with Crippen LogP contribution in [0.3, 0.4) is 0 Å². The van der Waals surface area contributed by atoms with Crippen LogP contribution in [0.1, 0.15) is 26.5 Å². The highest BCUT2D eigenvalue weighted by molar-refractivity contribution is 7.14. The van der Waals surface area contributed by atoms with Gasteiger partial charge in [-0.1, -0.05) is 11.8 Å². The first-order valence-corrected chi connectivity index (χ1v) is 7.70. The van der Waals surface area contributed by atoms with Crippen molar-refractivity contribution in [1.82, 2.24) is 5.32 Å². The molecule has 6 heteroatoms. The van der Waals surface area contributed by atoms with Gasteiger partial charge in [-0.3, -0.25) is 4.79 Å². The molecule has 1 atom stereocenters. The molecule has 2 rings (SSSR count). The third kappa shape index (κ3) is 4.83. The number of carbonyl (C=O) groups is 1. The van der Waals surface area contributed by atoms with Crippen molar-refractivity contribution in [3.05, 3.63) is 21.4 Å². The highest BCUT2D eigenvalue weighted by Gasteiger charge is 2.17. The van der Waals surface area contributed by atoms with Gasteiger partial charge in [0, 0.05) is 13.0 Å². The Bertz CT molecular complexity index is 538. The van der Waals surface area contributed by atoms with Crippen molar-refractivity contribution < 1.29 is 19.4 Å². The summed E-state index contributed by atoms with van der Waals surface area (Å²) in [5.74, 6) is 5.73. The molecule has 0 aliphatic carbocycles. The minimum atomic E-state index is -0.118. The Hall–Kier alpha value is -1.39. The van der Waals surface area contributed by atoms with E-state index in [0.717, 1.165) is 10.4 Å². The van der Waals surface area contributed by atoms with E-state index in [0.29, 0.717) is 37.7 Å². The standard InChI is InChI=1S/C15H19NO4S/c1-11-8-14(21-13(11)4-2-3-5-17)15(18)16-9-12-10-19-6-7-20-12/h8,12,17H,3,5-7,9-10H2,1H3,(H,16,18). The van der Waals surface area contributed by atoms with E-state index >= 15 is 0 Å². The first kappa shape index (κ1) is 16.0. The molecular weight excluding hydrogens is 290 g/mol. The topological polar surface area (TPSA) is 67.8 Å². The molecule has 1 aromatic rings. The summed E-state index contributed by atoms with van der Waals surface area (Å²) in [6.07, 6.45) is 0.366. The zero-order valence-electron chi connectivity index (χ0n) is 12.0. The van der Waals surface area contributed by atoms with Gasteiger partial charge in [0.2, 0.25) is 0 Å². The van der Waals surface area contributed by atoms with Crippen LogP contribution in [0.4, 0.5) is 0 Å². The fourth-order valence-corrected chi connectivity index (χ4v) is 2.83. The van der Waals surface area contributed by atoms with Gasteiger partial charge in [0.1, 0.15) is 0 Å². The molecule has 1 aliphatic rings. The number of amides is 1. The molecule has 2 heterocycles. The largest absolute Gasteiger partial charge is 0.395 e. The lowest BCUT2D eigenvalue weighted by Crippen LogP contribution is -2.39. The van der Waals surface area contributed by atoms with E-state index in [9.17, 15) is 4.79 Å². The van der Waals surface area contributed by atoms with Gasteiger partial charge in [-0.2, -0.15) is 0 Å². The first-order chi connectivity index (χ1) is 10.2. The Balaban J connectivity index is 1.90. The van der Waals surface area contributed by atoms with E-state index in [1.807, 2.05) is 13.0 Å². The summed E-state index contributed by atoms with van der Waals surface area (Å²) in [5, 5.41) is 11.6. The summed E-state index contributed by atoms with van der Waals surface area (Å²) in [4.78, 5) is 13.6. The Labute approximate surface area is 128 Å². The van der Waals surface area contributed by atoms with Crippen LogP contribution in [0.2, 0.25) is 0 Å². The summed E-state index contributed by atoms with van der Waals surface area (Å²) >= 11 is 1.37.